The fourth-order valence-corrected chi connectivity index (χ4v) is 2.33. The van der Waals surface area contributed by atoms with Crippen molar-refractivity contribution in [3.8, 4) is 0 Å². The zero-order chi connectivity index (χ0) is 18.6. The van der Waals surface area contributed by atoms with Gasteiger partial charge in [-0.2, -0.15) is 0 Å². The summed E-state index contributed by atoms with van der Waals surface area (Å²) in [4.78, 5) is 16.2. The molecule has 27 heavy (non-hydrogen) atoms. The molecule has 4 N–H and O–H groups in total. The van der Waals surface area contributed by atoms with Crippen LogP contribution in [0.15, 0.2) is 58.1 Å². The molecule has 0 aliphatic heterocycles. The molecule has 7 nitrogen and oxygen atoms in total. The number of guanidine groups is 1. The van der Waals surface area contributed by atoms with Crippen LogP contribution in [0.1, 0.15) is 35.6 Å². The van der Waals surface area contributed by atoms with E-state index in [2.05, 4.69) is 20.9 Å². The minimum atomic E-state index is -0.532. The number of rotatable bonds is 9. The fraction of sp³-hybridized carbons (Fsp3) is 0.368. The molecule has 0 fully saturated rings. The topological polar surface area (TPSA) is 98.9 Å². The molecule has 1 unspecified atom stereocenters. The summed E-state index contributed by atoms with van der Waals surface area (Å²) in [5.74, 6) is 0.699. The van der Waals surface area contributed by atoms with Crippen molar-refractivity contribution in [2.45, 2.75) is 19.4 Å². The monoisotopic (exact) mass is 486 g/mol. The number of benzene rings is 1. The van der Waals surface area contributed by atoms with Gasteiger partial charge in [0, 0.05) is 26.2 Å². The largest absolute Gasteiger partial charge is 0.459 e. The van der Waals surface area contributed by atoms with Crippen molar-refractivity contribution in [2.75, 3.05) is 26.2 Å². The van der Waals surface area contributed by atoms with E-state index in [0.717, 1.165) is 12.1 Å². The lowest BCUT2D eigenvalue weighted by atomic mass is 10.1. The minimum absolute atomic E-state index is 0. The Morgan fingerprint density at radius 2 is 1.85 bits per heavy atom. The third-order valence-corrected chi connectivity index (χ3v) is 3.65. The Bertz CT molecular complexity index is 678. The van der Waals surface area contributed by atoms with Crippen molar-refractivity contribution < 1.29 is 14.3 Å². The Labute approximate surface area is 176 Å². The predicted molar refractivity (Wildman–Crippen MR) is 116 cm³/mol. The molecule has 0 radical (unpaired) electrons. The zero-order valence-corrected chi connectivity index (χ0v) is 17.7. The molecule has 0 saturated carbocycles. The van der Waals surface area contributed by atoms with Crippen LogP contribution in [0.3, 0.4) is 0 Å². The van der Waals surface area contributed by atoms with E-state index in [1.165, 1.54) is 6.26 Å². The first-order valence-electron chi connectivity index (χ1n) is 8.77. The fourth-order valence-electron chi connectivity index (χ4n) is 2.33. The molecule has 0 bridgehead atoms. The Balaban J connectivity index is 0.00000364. The minimum Gasteiger partial charge on any atom is -0.459 e. The molecule has 148 valence electrons. The SMILES string of the molecule is CCNC(=NCCC(O)c1ccccc1)NCCNC(=O)c1ccco1.I. The Kier molecular flexibility index (Phi) is 11.2. The maximum Gasteiger partial charge on any atom is 0.287 e. The maximum absolute atomic E-state index is 11.8. The normalized spacial score (nSPS) is 12.0. The molecule has 0 spiro atoms. The third kappa shape index (κ3) is 8.44. The van der Waals surface area contributed by atoms with Crippen LogP contribution in [-0.2, 0) is 0 Å². The van der Waals surface area contributed by atoms with Crippen molar-refractivity contribution in [2.24, 2.45) is 4.99 Å². The van der Waals surface area contributed by atoms with Gasteiger partial charge in [-0.1, -0.05) is 30.3 Å². The number of carbonyl (C=O) groups is 1. The number of hydrogen-bond donors (Lipinski definition) is 4. The van der Waals surface area contributed by atoms with Gasteiger partial charge in [-0.15, -0.1) is 24.0 Å². The number of aliphatic hydroxyl groups is 1. The van der Waals surface area contributed by atoms with Crippen LogP contribution in [0.4, 0.5) is 0 Å². The van der Waals surface area contributed by atoms with Gasteiger partial charge in [-0.3, -0.25) is 9.79 Å². The van der Waals surface area contributed by atoms with E-state index < -0.39 is 6.10 Å². The average molecular weight is 486 g/mol. The summed E-state index contributed by atoms with van der Waals surface area (Å²) in [6.07, 6.45) is 1.47. The van der Waals surface area contributed by atoms with Crippen molar-refractivity contribution in [1.82, 2.24) is 16.0 Å². The summed E-state index contributed by atoms with van der Waals surface area (Å²) in [5, 5.41) is 19.2. The molecule has 0 aliphatic rings. The zero-order valence-electron chi connectivity index (χ0n) is 15.4. The lowest BCUT2D eigenvalue weighted by molar-refractivity contribution is 0.0926. The average Bonchev–Trinajstić information content (AvgIpc) is 3.20. The number of carbonyl (C=O) groups excluding carboxylic acids is 1. The second-order valence-electron chi connectivity index (χ2n) is 5.64. The lowest BCUT2D eigenvalue weighted by Gasteiger charge is -2.13. The van der Waals surface area contributed by atoms with Crippen LogP contribution in [0, 0.1) is 0 Å². The van der Waals surface area contributed by atoms with E-state index >= 15 is 0 Å². The smallest absolute Gasteiger partial charge is 0.287 e. The summed E-state index contributed by atoms with van der Waals surface area (Å²) < 4.78 is 5.03. The van der Waals surface area contributed by atoms with Gasteiger partial charge in [-0.05, 0) is 31.0 Å². The van der Waals surface area contributed by atoms with Crippen molar-refractivity contribution in [3.63, 3.8) is 0 Å². The Hall–Kier alpha value is -2.07. The van der Waals surface area contributed by atoms with Crippen LogP contribution in [0.2, 0.25) is 0 Å². The number of hydrogen-bond acceptors (Lipinski definition) is 4. The van der Waals surface area contributed by atoms with Gasteiger partial charge in [-0.25, -0.2) is 0 Å². The van der Waals surface area contributed by atoms with Crippen LogP contribution >= 0.6 is 24.0 Å². The van der Waals surface area contributed by atoms with E-state index in [9.17, 15) is 9.90 Å². The molecule has 1 aromatic carbocycles. The van der Waals surface area contributed by atoms with Gasteiger partial charge < -0.3 is 25.5 Å². The summed E-state index contributed by atoms with van der Waals surface area (Å²) in [6.45, 7) is 4.17. The van der Waals surface area contributed by atoms with E-state index in [4.69, 9.17) is 4.42 Å². The molecule has 0 saturated heterocycles. The molecule has 1 atom stereocenters. The highest BCUT2D eigenvalue weighted by Crippen LogP contribution is 2.15. The summed E-state index contributed by atoms with van der Waals surface area (Å²) in [7, 11) is 0. The number of nitrogens with one attached hydrogen (secondary N) is 3. The lowest BCUT2D eigenvalue weighted by Crippen LogP contribution is -2.41. The molecule has 8 heteroatoms. The molecule has 1 heterocycles. The van der Waals surface area contributed by atoms with E-state index in [1.807, 2.05) is 37.3 Å². The maximum atomic E-state index is 11.8. The highest BCUT2D eigenvalue weighted by atomic mass is 127. The first kappa shape index (κ1) is 23.0. The van der Waals surface area contributed by atoms with Gasteiger partial charge in [0.1, 0.15) is 0 Å². The molecule has 1 amide bonds. The van der Waals surface area contributed by atoms with Crippen LogP contribution < -0.4 is 16.0 Å². The first-order valence-corrected chi connectivity index (χ1v) is 8.77. The van der Waals surface area contributed by atoms with Crippen LogP contribution in [0.25, 0.3) is 0 Å². The van der Waals surface area contributed by atoms with Crippen molar-refractivity contribution in [1.29, 1.82) is 0 Å². The Morgan fingerprint density at radius 3 is 2.52 bits per heavy atom. The first-order chi connectivity index (χ1) is 12.7. The standard InChI is InChI=1S/C19H26N4O3.HI/c1-2-20-19(22-11-10-16(24)15-7-4-3-5-8-15)23-13-12-21-18(25)17-9-6-14-26-17;/h3-9,14,16,24H,2,10-13H2,1H3,(H,21,25)(H2,20,22,23);1H. The number of aliphatic hydroxyl groups excluding tert-OH is 1. The molecular weight excluding hydrogens is 459 g/mol. The van der Waals surface area contributed by atoms with E-state index in [0.29, 0.717) is 37.8 Å². The number of amides is 1. The van der Waals surface area contributed by atoms with Crippen LogP contribution in [-0.4, -0.2) is 43.2 Å². The highest BCUT2D eigenvalue weighted by Gasteiger charge is 2.08. The molecule has 2 aromatic rings. The highest BCUT2D eigenvalue weighted by molar-refractivity contribution is 14.0. The number of nitrogens with zero attached hydrogens (tertiary/aromatic N) is 1. The summed E-state index contributed by atoms with van der Waals surface area (Å²) >= 11 is 0. The number of halogens is 1. The predicted octanol–water partition coefficient (Wildman–Crippen LogP) is 2.31. The Morgan fingerprint density at radius 1 is 1.11 bits per heavy atom. The van der Waals surface area contributed by atoms with Gasteiger partial charge in [0.25, 0.3) is 5.91 Å². The molecular formula is C19H27IN4O3. The molecule has 2 rings (SSSR count). The third-order valence-electron chi connectivity index (χ3n) is 3.65. The molecule has 0 aliphatic carbocycles. The number of furan rings is 1. The van der Waals surface area contributed by atoms with Crippen LogP contribution in [0.5, 0.6) is 0 Å². The second-order valence-corrected chi connectivity index (χ2v) is 5.64. The van der Waals surface area contributed by atoms with Gasteiger partial charge in [0.15, 0.2) is 11.7 Å². The molecule has 1 aromatic heterocycles. The van der Waals surface area contributed by atoms with Gasteiger partial charge >= 0.3 is 0 Å². The van der Waals surface area contributed by atoms with Crippen molar-refractivity contribution in [3.05, 3.63) is 60.1 Å². The van der Waals surface area contributed by atoms with Crippen molar-refractivity contribution >= 4 is 35.8 Å². The van der Waals surface area contributed by atoms with E-state index in [-0.39, 0.29) is 29.9 Å². The number of aliphatic imine (C=N–C) groups is 1. The van der Waals surface area contributed by atoms with Gasteiger partial charge in [0.05, 0.1) is 12.4 Å². The van der Waals surface area contributed by atoms with E-state index in [1.54, 1.807) is 12.1 Å². The second kappa shape index (κ2) is 13.2. The van der Waals surface area contributed by atoms with Gasteiger partial charge in [0.2, 0.25) is 0 Å². The summed E-state index contributed by atoms with van der Waals surface area (Å²) in [6, 6.07) is 12.8. The quantitative estimate of drug-likeness (QED) is 0.189. The summed E-state index contributed by atoms with van der Waals surface area (Å²) in [5.41, 5.74) is 0.890.